The molecule has 0 spiro atoms. The van der Waals surface area contributed by atoms with Crippen molar-refractivity contribution in [1.82, 2.24) is 5.32 Å². The molecule has 0 aliphatic carbocycles. The molecular weight excluding hydrogens is 408 g/mol. The van der Waals surface area contributed by atoms with E-state index in [1.54, 1.807) is 19.1 Å². The molecule has 3 aromatic rings. The van der Waals surface area contributed by atoms with Crippen molar-refractivity contribution < 1.29 is 13.2 Å². The Kier molecular flexibility index (Phi) is 5.83. The molecule has 1 aliphatic heterocycles. The number of carbonyl (C=O) groups excluding carboxylic acids is 1. The Hall–Kier alpha value is -3.12. The van der Waals surface area contributed by atoms with Gasteiger partial charge in [-0.3, -0.25) is 9.10 Å². The van der Waals surface area contributed by atoms with Crippen LogP contribution in [0.25, 0.3) is 0 Å². The highest BCUT2D eigenvalue weighted by molar-refractivity contribution is 7.92. The quantitative estimate of drug-likeness (QED) is 0.629. The van der Waals surface area contributed by atoms with Crippen LogP contribution in [-0.4, -0.2) is 26.1 Å². The van der Waals surface area contributed by atoms with Gasteiger partial charge in [0.05, 0.1) is 17.5 Å². The van der Waals surface area contributed by atoms with Gasteiger partial charge in [0.25, 0.3) is 5.91 Å². The van der Waals surface area contributed by atoms with Gasteiger partial charge in [0, 0.05) is 11.6 Å². The molecule has 4 rings (SSSR count). The first-order valence-electron chi connectivity index (χ1n) is 10.5. The lowest BCUT2D eigenvalue weighted by Crippen LogP contribution is -2.36. The van der Waals surface area contributed by atoms with Crippen molar-refractivity contribution in [2.75, 3.05) is 10.1 Å². The molecule has 0 aromatic heterocycles. The lowest BCUT2D eigenvalue weighted by atomic mass is 9.98. The standard InChI is InChI=1S/C25H26N2O3S/c1-3-31(29,30)27-18(2)16-22-17-21(14-15-23(22)27)25(28)26-24(19-10-6-4-7-11-19)20-12-8-5-9-13-20/h4-15,17-18,24H,3,16H2,1-2H3,(H,26,28)/t18-/m0/s1. The third kappa shape index (κ3) is 4.21. The molecular formula is C25H26N2O3S. The summed E-state index contributed by atoms with van der Waals surface area (Å²) in [5, 5.41) is 3.15. The van der Waals surface area contributed by atoms with Crippen LogP contribution in [0.15, 0.2) is 78.9 Å². The van der Waals surface area contributed by atoms with Gasteiger partial charge in [0.15, 0.2) is 0 Å². The number of rotatable bonds is 6. The maximum absolute atomic E-state index is 13.2. The summed E-state index contributed by atoms with van der Waals surface area (Å²) in [6, 6.07) is 24.5. The smallest absolute Gasteiger partial charge is 0.252 e. The van der Waals surface area contributed by atoms with Crippen molar-refractivity contribution in [1.29, 1.82) is 0 Å². The molecule has 1 amide bonds. The SMILES string of the molecule is CCS(=O)(=O)N1c2ccc(C(=O)NC(c3ccccc3)c3ccccc3)cc2C[C@@H]1C. The minimum Gasteiger partial charge on any atom is -0.341 e. The molecule has 3 aromatic carbocycles. The van der Waals surface area contributed by atoms with Gasteiger partial charge in [-0.05, 0) is 55.2 Å². The first kappa shape index (κ1) is 21.1. The van der Waals surface area contributed by atoms with Crippen LogP contribution in [0.2, 0.25) is 0 Å². The van der Waals surface area contributed by atoms with Gasteiger partial charge in [-0.25, -0.2) is 8.42 Å². The van der Waals surface area contributed by atoms with E-state index in [1.807, 2.05) is 73.7 Å². The number of anilines is 1. The summed E-state index contributed by atoms with van der Waals surface area (Å²) in [7, 11) is -3.35. The number of fused-ring (bicyclic) bond motifs is 1. The second kappa shape index (κ2) is 8.55. The molecule has 6 heteroatoms. The zero-order chi connectivity index (χ0) is 22.0. The lowest BCUT2D eigenvalue weighted by Gasteiger charge is -2.23. The molecule has 5 nitrogen and oxygen atoms in total. The van der Waals surface area contributed by atoms with E-state index in [9.17, 15) is 13.2 Å². The van der Waals surface area contributed by atoms with Crippen LogP contribution >= 0.6 is 0 Å². The van der Waals surface area contributed by atoms with Gasteiger partial charge in [0.2, 0.25) is 10.0 Å². The zero-order valence-electron chi connectivity index (χ0n) is 17.7. The highest BCUT2D eigenvalue weighted by Gasteiger charge is 2.34. The van der Waals surface area contributed by atoms with E-state index in [1.165, 1.54) is 4.31 Å². The Morgan fingerprint density at radius 2 is 1.58 bits per heavy atom. The normalized spacial score (nSPS) is 15.7. The number of carbonyl (C=O) groups is 1. The van der Waals surface area contributed by atoms with Crippen molar-refractivity contribution >= 4 is 21.6 Å². The van der Waals surface area contributed by atoms with E-state index in [0.29, 0.717) is 17.7 Å². The molecule has 160 valence electrons. The minimum atomic E-state index is -3.35. The average molecular weight is 435 g/mol. The van der Waals surface area contributed by atoms with Crippen molar-refractivity contribution in [3.8, 4) is 0 Å². The van der Waals surface area contributed by atoms with Crippen molar-refractivity contribution in [2.45, 2.75) is 32.4 Å². The van der Waals surface area contributed by atoms with Gasteiger partial charge in [-0.1, -0.05) is 60.7 Å². The number of amides is 1. The van der Waals surface area contributed by atoms with E-state index >= 15 is 0 Å². The second-order valence-electron chi connectivity index (χ2n) is 7.82. The Morgan fingerprint density at radius 3 is 2.13 bits per heavy atom. The number of nitrogens with one attached hydrogen (secondary N) is 1. The molecule has 0 saturated heterocycles. The van der Waals surface area contributed by atoms with Crippen LogP contribution in [0.5, 0.6) is 0 Å². The third-order valence-corrected chi connectivity index (χ3v) is 7.59. The monoisotopic (exact) mass is 434 g/mol. The van der Waals surface area contributed by atoms with Crippen molar-refractivity contribution in [3.05, 3.63) is 101 Å². The fourth-order valence-corrected chi connectivity index (χ4v) is 5.55. The van der Waals surface area contributed by atoms with Crippen LogP contribution in [0.4, 0.5) is 5.69 Å². The Morgan fingerprint density at radius 1 is 1.00 bits per heavy atom. The molecule has 1 N–H and O–H groups in total. The molecule has 0 bridgehead atoms. The van der Waals surface area contributed by atoms with E-state index < -0.39 is 10.0 Å². The predicted molar refractivity (Wildman–Crippen MR) is 124 cm³/mol. The highest BCUT2D eigenvalue weighted by Crippen LogP contribution is 2.35. The molecule has 1 aliphatic rings. The van der Waals surface area contributed by atoms with Crippen LogP contribution < -0.4 is 9.62 Å². The summed E-state index contributed by atoms with van der Waals surface area (Å²) >= 11 is 0. The van der Waals surface area contributed by atoms with Crippen LogP contribution in [0, 0.1) is 0 Å². The number of nitrogens with zero attached hydrogens (tertiary/aromatic N) is 1. The molecule has 31 heavy (non-hydrogen) atoms. The summed E-state index contributed by atoms with van der Waals surface area (Å²) in [5.74, 6) is -0.139. The van der Waals surface area contributed by atoms with E-state index in [0.717, 1.165) is 16.7 Å². The van der Waals surface area contributed by atoms with Gasteiger partial charge in [-0.15, -0.1) is 0 Å². The minimum absolute atomic E-state index is 0.0504. The topological polar surface area (TPSA) is 66.5 Å². The molecule has 1 atom stereocenters. The first-order chi connectivity index (χ1) is 14.9. The Balaban J connectivity index is 1.63. The zero-order valence-corrected chi connectivity index (χ0v) is 18.5. The van der Waals surface area contributed by atoms with Crippen molar-refractivity contribution in [3.63, 3.8) is 0 Å². The van der Waals surface area contributed by atoms with Gasteiger partial charge < -0.3 is 5.32 Å². The third-order valence-electron chi connectivity index (χ3n) is 5.70. The Bertz CT molecular complexity index is 1140. The van der Waals surface area contributed by atoms with E-state index in [2.05, 4.69) is 5.32 Å². The summed E-state index contributed by atoms with van der Waals surface area (Å²) in [5.41, 5.74) is 4.08. The van der Waals surface area contributed by atoms with Crippen LogP contribution in [-0.2, 0) is 16.4 Å². The Labute approximate surface area is 183 Å². The molecule has 0 unspecified atom stereocenters. The fourth-order valence-electron chi connectivity index (χ4n) is 4.17. The maximum atomic E-state index is 13.2. The number of hydrogen-bond acceptors (Lipinski definition) is 3. The van der Waals surface area contributed by atoms with E-state index in [4.69, 9.17) is 0 Å². The molecule has 0 saturated carbocycles. The maximum Gasteiger partial charge on any atom is 0.252 e. The highest BCUT2D eigenvalue weighted by atomic mass is 32.2. The molecule has 0 radical (unpaired) electrons. The summed E-state index contributed by atoms with van der Waals surface area (Å²) < 4.78 is 26.5. The summed E-state index contributed by atoms with van der Waals surface area (Å²) in [6.07, 6.45) is 0.594. The average Bonchev–Trinajstić information content (AvgIpc) is 3.14. The van der Waals surface area contributed by atoms with Gasteiger partial charge >= 0.3 is 0 Å². The van der Waals surface area contributed by atoms with Crippen molar-refractivity contribution in [2.24, 2.45) is 0 Å². The summed E-state index contributed by atoms with van der Waals surface area (Å²) in [6.45, 7) is 3.54. The largest absolute Gasteiger partial charge is 0.341 e. The predicted octanol–water partition coefficient (Wildman–Crippen LogP) is 4.31. The molecule has 1 heterocycles. The van der Waals surface area contributed by atoms with Gasteiger partial charge in [0.1, 0.15) is 0 Å². The number of hydrogen-bond donors (Lipinski definition) is 1. The second-order valence-corrected chi connectivity index (χ2v) is 9.96. The summed E-state index contributed by atoms with van der Waals surface area (Å²) in [4.78, 5) is 13.2. The van der Waals surface area contributed by atoms with E-state index in [-0.39, 0.29) is 23.7 Å². The number of benzene rings is 3. The van der Waals surface area contributed by atoms with Crippen LogP contribution in [0.3, 0.4) is 0 Å². The molecule has 0 fully saturated rings. The van der Waals surface area contributed by atoms with Crippen LogP contribution in [0.1, 0.15) is 46.9 Å². The fraction of sp³-hybridized carbons (Fsp3) is 0.240. The van der Waals surface area contributed by atoms with Gasteiger partial charge in [-0.2, -0.15) is 0 Å². The first-order valence-corrected chi connectivity index (χ1v) is 12.1. The number of sulfonamides is 1. The lowest BCUT2D eigenvalue weighted by molar-refractivity contribution is 0.0943.